The number of ether oxygens (including phenoxy) is 1. The first kappa shape index (κ1) is 15.6. The molecule has 0 atom stereocenters. The van der Waals surface area contributed by atoms with E-state index in [-0.39, 0.29) is 6.61 Å². The predicted molar refractivity (Wildman–Crippen MR) is 94.3 cm³/mol. The highest BCUT2D eigenvalue weighted by molar-refractivity contribution is 7.20. The van der Waals surface area contributed by atoms with Gasteiger partial charge in [0, 0.05) is 25.3 Å². The van der Waals surface area contributed by atoms with E-state index in [1.165, 1.54) is 0 Å². The van der Waals surface area contributed by atoms with E-state index >= 15 is 0 Å². The molecule has 1 saturated heterocycles. The van der Waals surface area contributed by atoms with Crippen molar-refractivity contribution in [2.75, 3.05) is 25.1 Å². The van der Waals surface area contributed by atoms with Crippen LogP contribution in [0.5, 0.6) is 0 Å². The fourth-order valence-electron chi connectivity index (χ4n) is 2.99. The van der Waals surface area contributed by atoms with Crippen molar-refractivity contribution in [1.82, 2.24) is 14.6 Å². The van der Waals surface area contributed by atoms with Crippen LogP contribution in [0, 0.1) is 5.92 Å². The molecule has 2 N–H and O–H groups in total. The summed E-state index contributed by atoms with van der Waals surface area (Å²) in [6.45, 7) is 2.66. The first-order valence-electron chi connectivity index (χ1n) is 8.20. The second kappa shape index (κ2) is 6.88. The molecule has 6 nitrogen and oxygen atoms in total. The number of fused-ring (bicyclic) bond motifs is 1. The van der Waals surface area contributed by atoms with Crippen molar-refractivity contribution in [2.45, 2.75) is 19.4 Å². The summed E-state index contributed by atoms with van der Waals surface area (Å²) < 4.78 is 7.19. The SMILES string of the molecule is OCc1ccccc1-c1cn2nc(NCC3CCOCC3)sc2n1. The van der Waals surface area contributed by atoms with Crippen LogP contribution in [-0.2, 0) is 11.3 Å². The first-order valence-corrected chi connectivity index (χ1v) is 9.02. The third kappa shape index (κ3) is 3.15. The van der Waals surface area contributed by atoms with E-state index in [4.69, 9.17) is 4.74 Å². The minimum atomic E-state index is 0.00663. The molecule has 1 fully saturated rings. The number of imidazole rings is 1. The van der Waals surface area contributed by atoms with E-state index in [1.54, 1.807) is 15.9 Å². The summed E-state index contributed by atoms with van der Waals surface area (Å²) in [7, 11) is 0. The first-order chi connectivity index (χ1) is 11.8. The van der Waals surface area contributed by atoms with E-state index in [2.05, 4.69) is 15.4 Å². The van der Waals surface area contributed by atoms with Crippen LogP contribution in [0.2, 0.25) is 0 Å². The molecular weight excluding hydrogens is 324 g/mol. The molecule has 7 heteroatoms. The Kier molecular flexibility index (Phi) is 4.46. The Labute approximate surface area is 144 Å². The molecule has 1 aliphatic heterocycles. The second-order valence-electron chi connectivity index (χ2n) is 6.01. The molecule has 3 aromatic rings. The van der Waals surface area contributed by atoms with E-state index in [9.17, 15) is 5.11 Å². The summed E-state index contributed by atoms with van der Waals surface area (Å²) in [5.74, 6) is 0.655. The largest absolute Gasteiger partial charge is 0.392 e. The van der Waals surface area contributed by atoms with Crippen molar-refractivity contribution in [3.63, 3.8) is 0 Å². The molecule has 0 aliphatic carbocycles. The van der Waals surface area contributed by atoms with E-state index < -0.39 is 0 Å². The zero-order valence-corrected chi connectivity index (χ0v) is 14.1. The lowest BCUT2D eigenvalue weighted by atomic mass is 10.0. The number of hydrogen-bond donors (Lipinski definition) is 2. The summed E-state index contributed by atoms with van der Waals surface area (Å²) >= 11 is 1.55. The average Bonchev–Trinajstić information content (AvgIpc) is 3.19. The molecule has 24 heavy (non-hydrogen) atoms. The summed E-state index contributed by atoms with van der Waals surface area (Å²) in [4.78, 5) is 5.51. The third-order valence-electron chi connectivity index (χ3n) is 4.39. The molecule has 0 saturated carbocycles. The van der Waals surface area contributed by atoms with Gasteiger partial charge in [0.25, 0.3) is 0 Å². The second-order valence-corrected chi connectivity index (χ2v) is 6.97. The van der Waals surface area contributed by atoms with Crippen LogP contribution in [-0.4, -0.2) is 39.5 Å². The number of hydrogen-bond acceptors (Lipinski definition) is 6. The molecule has 4 rings (SSSR count). The van der Waals surface area contributed by atoms with Gasteiger partial charge in [-0.1, -0.05) is 35.6 Å². The quantitative estimate of drug-likeness (QED) is 0.745. The summed E-state index contributed by atoms with van der Waals surface area (Å²) in [6, 6.07) is 7.76. The average molecular weight is 344 g/mol. The van der Waals surface area contributed by atoms with Crippen molar-refractivity contribution >= 4 is 21.4 Å². The highest BCUT2D eigenvalue weighted by Crippen LogP contribution is 2.27. The van der Waals surface area contributed by atoms with Gasteiger partial charge >= 0.3 is 0 Å². The van der Waals surface area contributed by atoms with Crippen LogP contribution < -0.4 is 5.32 Å². The highest BCUT2D eigenvalue weighted by Gasteiger charge is 2.15. The zero-order valence-electron chi connectivity index (χ0n) is 13.3. The van der Waals surface area contributed by atoms with Gasteiger partial charge in [0.15, 0.2) is 0 Å². The van der Waals surface area contributed by atoms with Crippen LogP contribution in [0.15, 0.2) is 30.5 Å². The van der Waals surface area contributed by atoms with Crippen LogP contribution in [0.1, 0.15) is 18.4 Å². The monoisotopic (exact) mass is 344 g/mol. The van der Waals surface area contributed by atoms with Gasteiger partial charge in [-0.2, -0.15) is 0 Å². The Hall–Kier alpha value is -1.96. The third-order valence-corrected chi connectivity index (χ3v) is 5.27. The van der Waals surface area contributed by atoms with E-state index in [0.29, 0.717) is 5.92 Å². The molecular formula is C17H20N4O2S. The molecule has 3 heterocycles. The summed E-state index contributed by atoms with van der Waals surface area (Å²) in [6.07, 6.45) is 4.13. The molecule has 0 radical (unpaired) electrons. The van der Waals surface area contributed by atoms with Crippen LogP contribution in [0.25, 0.3) is 16.2 Å². The van der Waals surface area contributed by atoms with Gasteiger partial charge in [0.1, 0.15) is 0 Å². The van der Waals surface area contributed by atoms with E-state index in [0.717, 1.165) is 59.5 Å². The Morgan fingerprint density at radius 1 is 1.29 bits per heavy atom. The number of benzene rings is 1. The van der Waals surface area contributed by atoms with Crippen molar-refractivity contribution < 1.29 is 9.84 Å². The van der Waals surface area contributed by atoms with Gasteiger partial charge in [-0.05, 0) is 24.3 Å². The zero-order chi connectivity index (χ0) is 16.4. The molecule has 126 valence electrons. The maximum Gasteiger partial charge on any atom is 0.214 e. The normalized spacial score (nSPS) is 15.9. The lowest BCUT2D eigenvalue weighted by molar-refractivity contribution is 0.0699. The smallest absolute Gasteiger partial charge is 0.214 e. The summed E-state index contributed by atoms with van der Waals surface area (Å²) in [5, 5.41) is 18.4. The number of aromatic nitrogens is 3. The fourth-order valence-corrected chi connectivity index (χ4v) is 3.78. The Balaban J connectivity index is 1.50. The number of anilines is 1. The predicted octanol–water partition coefficient (Wildman–Crippen LogP) is 2.79. The molecule has 1 aliphatic rings. The van der Waals surface area contributed by atoms with Crippen molar-refractivity contribution in [2.24, 2.45) is 5.92 Å². The number of aliphatic hydroxyl groups excluding tert-OH is 1. The lowest BCUT2D eigenvalue weighted by Crippen LogP contribution is -2.22. The fraction of sp³-hybridized carbons (Fsp3) is 0.412. The number of nitrogens with zero attached hydrogens (tertiary/aromatic N) is 3. The van der Waals surface area contributed by atoms with Crippen molar-refractivity contribution in [3.8, 4) is 11.3 Å². The van der Waals surface area contributed by atoms with E-state index in [1.807, 2.05) is 30.5 Å². The molecule has 0 amide bonds. The Morgan fingerprint density at radius 3 is 2.92 bits per heavy atom. The molecule has 0 bridgehead atoms. The molecule has 0 unspecified atom stereocenters. The van der Waals surface area contributed by atoms with Gasteiger partial charge in [-0.15, -0.1) is 5.10 Å². The Morgan fingerprint density at radius 2 is 2.12 bits per heavy atom. The van der Waals surface area contributed by atoms with Gasteiger partial charge < -0.3 is 15.2 Å². The van der Waals surface area contributed by atoms with Crippen LogP contribution in [0.4, 0.5) is 5.13 Å². The minimum Gasteiger partial charge on any atom is -0.392 e. The van der Waals surface area contributed by atoms with Gasteiger partial charge in [0.05, 0.1) is 18.5 Å². The lowest BCUT2D eigenvalue weighted by Gasteiger charge is -2.21. The minimum absolute atomic E-state index is 0.00663. The molecule has 1 aromatic carbocycles. The molecule has 2 aromatic heterocycles. The number of aliphatic hydroxyl groups is 1. The molecule has 0 spiro atoms. The van der Waals surface area contributed by atoms with Crippen molar-refractivity contribution in [3.05, 3.63) is 36.0 Å². The highest BCUT2D eigenvalue weighted by atomic mass is 32.1. The van der Waals surface area contributed by atoms with Gasteiger partial charge in [0.2, 0.25) is 10.1 Å². The number of rotatable bonds is 5. The standard InChI is InChI=1S/C17H20N4O2S/c22-11-13-3-1-2-4-14(13)15-10-21-17(19-15)24-16(20-21)18-9-12-5-7-23-8-6-12/h1-4,10,12,22H,5-9,11H2,(H,18,20). The maximum absolute atomic E-state index is 9.48. The van der Waals surface area contributed by atoms with Crippen LogP contribution >= 0.6 is 11.3 Å². The van der Waals surface area contributed by atoms with Crippen molar-refractivity contribution in [1.29, 1.82) is 0 Å². The van der Waals surface area contributed by atoms with Crippen LogP contribution in [0.3, 0.4) is 0 Å². The van der Waals surface area contributed by atoms with Gasteiger partial charge in [-0.3, -0.25) is 0 Å². The maximum atomic E-state index is 9.48. The topological polar surface area (TPSA) is 71.7 Å². The Bertz CT molecular complexity index is 791. The summed E-state index contributed by atoms with van der Waals surface area (Å²) in [5.41, 5.74) is 2.67. The number of nitrogens with one attached hydrogen (secondary N) is 1. The van der Waals surface area contributed by atoms with Gasteiger partial charge in [-0.25, -0.2) is 9.50 Å².